The molecule has 0 aliphatic carbocycles. The molecule has 37 heavy (non-hydrogen) atoms. The Bertz CT molecular complexity index is 1650. The van der Waals surface area contributed by atoms with E-state index >= 15 is 0 Å². The van der Waals surface area contributed by atoms with Gasteiger partial charge in [0.15, 0.2) is 4.80 Å². The lowest BCUT2D eigenvalue weighted by molar-refractivity contribution is -0.141. The van der Waals surface area contributed by atoms with Crippen molar-refractivity contribution in [1.29, 1.82) is 0 Å². The summed E-state index contributed by atoms with van der Waals surface area (Å²) in [6.45, 7) is 1.75. The molecule has 1 amide bonds. The van der Waals surface area contributed by atoms with Crippen LogP contribution in [0.4, 0.5) is 5.69 Å². The fourth-order valence-corrected chi connectivity index (χ4v) is 6.65. The van der Waals surface area contributed by atoms with Crippen LogP contribution in [0.5, 0.6) is 0 Å². The van der Waals surface area contributed by atoms with E-state index < -0.39 is 21.9 Å². The molecule has 4 rings (SSSR count). The lowest BCUT2D eigenvalue weighted by atomic mass is 10.2. The molecule has 3 aromatic carbocycles. The Kier molecular flexibility index (Phi) is 8.03. The van der Waals surface area contributed by atoms with E-state index in [4.69, 9.17) is 27.9 Å². The van der Waals surface area contributed by atoms with Crippen molar-refractivity contribution in [3.8, 4) is 0 Å². The summed E-state index contributed by atoms with van der Waals surface area (Å²) < 4.78 is 34.6. The van der Waals surface area contributed by atoms with E-state index in [9.17, 15) is 18.0 Å². The molecule has 0 aliphatic heterocycles. The first-order valence-electron chi connectivity index (χ1n) is 11.0. The Morgan fingerprint density at radius 3 is 2.32 bits per heavy atom. The number of ether oxygens (including phenoxy) is 1. The smallest absolute Gasteiger partial charge is 0.325 e. The molecule has 0 radical (unpaired) electrons. The van der Waals surface area contributed by atoms with Crippen molar-refractivity contribution in [2.75, 3.05) is 18.0 Å². The molecule has 0 unspecified atom stereocenters. The molecule has 0 N–H and O–H groups in total. The van der Waals surface area contributed by atoms with Crippen LogP contribution in [0.15, 0.2) is 76.6 Å². The Labute approximate surface area is 227 Å². The SMILES string of the molecule is CCN(c1ccccc1)S(=O)(=O)c1ccc(C(=O)N=c2sc3ccc(Cl)c(Cl)c3n2CC(=O)OC)cc1. The molecular formula is C25H21Cl2N3O5S2. The maximum atomic E-state index is 13.2. The summed E-state index contributed by atoms with van der Waals surface area (Å²) in [6, 6.07) is 17.6. The highest BCUT2D eigenvalue weighted by molar-refractivity contribution is 7.92. The Morgan fingerprint density at radius 1 is 1.03 bits per heavy atom. The average Bonchev–Trinajstić information content (AvgIpc) is 3.24. The quantitative estimate of drug-likeness (QED) is 0.283. The van der Waals surface area contributed by atoms with E-state index in [1.807, 2.05) is 6.07 Å². The number of para-hydroxylation sites is 1. The number of hydrogen-bond acceptors (Lipinski definition) is 6. The molecule has 0 aliphatic rings. The third kappa shape index (κ3) is 5.42. The lowest BCUT2D eigenvalue weighted by Gasteiger charge is -2.22. The molecule has 0 bridgehead atoms. The fraction of sp³-hybridized carbons (Fsp3) is 0.160. The number of carbonyl (C=O) groups excluding carboxylic acids is 2. The number of rotatable bonds is 7. The van der Waals surface area contributed by atoms with Crippen molar-refractivity contribution in [3.05, 3.63) is 87.1 Å². The predicted molar refractivity (Wildman–Crippen MR) is 145 cm³/mol. The van der Waals surface area contributed by atoms with Crippen molar-refractivity contribution >= 4 is 72.3 Å². The van der Waals surface area contributed by atoms with Crippen LogP contribution in [-0.4, -0.2) is 38.5 Å². The average molecular weight is 578 g/mol. The van der Waals surface area contributed by atoms with Gasteiger partial charge in [0.05, 0.1) is 38.0 Å². The second kappa shape index (κ2) is 11.1. The molecule has 1 heterocycles. The zero-order chi connectivity index (χ0) is 26.7. The Morgan fingerprint density at radius 2 is 1.70 bits per heavy atom. The van der Waals surface area contributed by atoms with Gasteiger partial charge in [-0.05, 0) is 55.5 Å². The number of amides is 1. The zero-order valence-electron chi connectivity index (χ0n) is 19.7. The Balaban J connectivity index is 1.71. The van der Waals surface area contributed by atoms with Crippen LogP contribution in [0, 0.1) is 0 Å². The number of halogens is 2. The number of aromatic nitrogens is 1. The summed E-state index contributed by atoms with van der Waals surface area (Å²) in [4.78, 5) is 29.5. The van der Waals surface area contributed by atoms with Gasteiger partial charge in [0.1, 0.15) is 6.54 Å². The van der Waals surface area contributed by atoms with Gasteiger partial charge in [0.25, 0.3) is 15.9 Å². The van der Waals surface area contributed by atoms with E-state index in [-0.39, 0.29) is 38.4 Å². The van der Waals surface area contributed by atoms with Crippen molar-refractivity contribution in [2.45, 2.75) is 18.4 Å². The number of hydrogen-bond donors (Lipinski definition) is 0. The first kappa shape index (κ1) is 26.9. The molecule has 0 saturated heterocycles. The van der Waals surface area contributed by atoms with Crippen LogP contribution in [0.25, 0.3) is 10.2 Å². The van der Waals surface area contributed by atoms with Crippen LogP contribution in [0.1, 0.15) is 17.3 Å². The molecular weight excluding hydrogens is 557 g/mol. The largest absolute Gasteiger partial charge is 0.468 e. The molecule has 0 atom stereocenters. The van der Waals surface area contributed by atoms with Crippen molar-refractivity contribution in [3.63, 3.8) is 0 Å². The van der Waals surface area contributed by atoms with E-state index in [0.29, 0.717) is 15.9 Å². The number of nitrogens with zero attached hydrogens (tertiary/aromatic N) is 3. The lowest BCUT2D eigenvalue weighted by Crippen LogP contribution is -2.30. The minimum Gasteiger partial charge on any atom is -0.468 e. The number of sulfonamides is 1. The molecule has 1 aromatic heterocycles. The molecule has 0 saturated carbocycles. The number of esters is 1. The Hall–Kier alpha value is -3.18. The number of methoxy groups -OCH3 is 1. The second-order valence-electron chi connectivity index (χ2n) is 7.70. The first-order chi connectivity index (χ1) is 17.7. The summed E-state index contributed by atoms with van der Waals surface area (Å²) in [7, 11) is -2.59. The molecule has 192 valence electrons. The summed E-state index contributed by atoms with van der Waals surface area (Å²) in [5.41, 5.74) is 1.17. The minimum absolute atomic E-state index is 0.0406. The molecule has 0 spiro atoms. The van der Waals surface area contributed by atoms with Crippen molar-refractivity contribution < 1.29 is 22.7 Å². The monoisotopic (exact) mass is 577 g/mol. The number of fused-ring (bicyclic) bond motifs is 1. The van der Waals surface area contributed by atoms with Gasteiger partial charge < -0.3 is 9.30 Å². The molecule has 12 heteroatoms. The topological polar surface area (TPSA) is 98.0 Å². The number of carbonyl (C=O) groups is 2. The van der Waals surface area contributed by atoms with Crippen LogP contribution >= 0.6 is 34.5 Å². The predicted octanol–water partition coefficient (Wildman–Crippen LogP) is 5.14. The summed E-state index contributed by atoms with van der Waals surface area (Å²) in [6.07, 6.45) is 0. The zero-order valence-corrected chi connectivity index (χ0v) is 22.9. The highest BCUT2D eigenvalue weighted by atomic mass is 35.5. The van der Waals surface area contributed by atoms with E-state index in [1.54, 1.807) is 43.3 Å². The van der Waals surface area contributed by atoms with Gasteiger partial charge in [-0.3, -0.25) is 13.9 Å². The normalized spacial score (nSPS) is 12.1. The van der Waals surface area contributed by atoms with E-state index in [2.05, 4.69) is 4.99 Å². The number of benzene rings is 3. The molecule has 8 nitrogen and oxygen atoms in total. The summed E-state index contributed by atoms with van der Waals surface area (Å²) in [5.74, 6) is -1.18. The van der Waals surface area contributed by atoms with Crippen LogP contribution < -0.4 is 9.11 Å². The first-order valence-corrected chi connectivity index (χ1v) is 14.0. The van der Waals surface area contributed by atoms with Crippen LogP contribution in [0.3, 0.4) is 0 Å². The third-order valence-electron chi connectivity index (χ3n) is 5.47. The summed E-state index contributed by atoms with van der Waals surface area (Å²) in [5, 5.41) is 0.513. The highest BCUT2D eigenvalue weighted by Gasteiger charge is 2.24. The van der Waals surface area contributed by atoms with Gasteiger partial charge >= 0.3 is 5.97 Å². The van der Waals surface area contributed by atoms with Crippen LogP contribution in [0.2, 0.25) is 10.0 Å². The maximum Gasteiger partial charge on any atom is 0.325 e. The van der Waals surface area contributed by atoms with E-state index in [0.717, 1.165) is 11.3 Å². The fourth-order valence-electron chi connectivity index (χ4n) is 3.66. The van der Waals surface area contributed by atoms with Crippen molar-refractivity contribution in [1.82, 2.24) is 4.57 Å². The van der Waals surface area contributed by atoms with E-state index in [1.165, 1.54) is 40.2 Å². The second-order valence-corrected chi connectivity index (χ2v) is 11.4. The van der Waals surface area contributed by atoms with Gasteiger partial charge in [-0.25, -0.2) is 8.42 Å². The number of anilines is 1. The number of thiazole rings is 1. The standard InChI is InChI=1S/C25H21Cl2N3O5S2/c1-3-30(17-7-5-4-6-8-17)37(33,34)18-11-9-16(10-12-18)24(32)28-25-29(15-21(31)35-2)23-20(36-25)14-13-19(26)22(23)27/h4-14H,3,15H2,1-2H3. The summed E-state index contributed by atoms with van der Waals surface area (Å²) >= 11 is 13.7. The highest BCUT2D eigenvalue weighted by Crippen LogP contribution is 2.32. The van der Waals surface area contributed by atoms with Gasteiger partial charge in [-0.1, -0.05) is 52.7 Å². The maximum absolute atomic E-state index is 13.2. The van der Waals surface area contributed by atoms with Crippen molar-refractivity contribution in [2.24, 2.45) is 4.99 Å². The van der Waals surface area contributed by atoms with Gasteiger partial charge in [-0.15, -0.1) is 0 Å². The van der Waals surface area contributed by atoms with Gasteiger partial charge in [-0.2, -0.15) is 4.99 Å². The molecule has 0 fully saturated rings. The van der Waals surface area contributed by atoms with Gasteiger partial charge in [0.2, 0.25) is 0 Å². The molecule has 4 aromatic rings. The minimum atomic E-state index is -3.84. The third-order valence-corrected chi connectivity index (χ3v) is 9.22. The van der Waals surface area contributed by atoms with Crippen LogP contribution in [-0.2, 0) is 26.1 Å². The van der Waals surface area contributed by atoms with Gasteiger partial charge in [0, 0.05) is 12.1 Å².